The van der Waals surface area contributed by atoms with Crippen LogP contribution in [0.3, 0.4) is 0 Å². The lowest BCUT2D eigenvalue weighted by Gasteiger charge is -2.26. The molecule has 102 valence electrons. The van der Waals surface area contributed by atoms with Crippen LogP contribution in [0, 0.1) is 10.1 Å². The van der Waals surface area contributed by atoms with E-state index in [0.717, 1.165) is 13.0 Å². The smallest absolute Gasteiger partial charge is 0.338 e. The summed E-state index contributed by atoms with van der Waals surface area (Å²) in [6.45, 7) is 1.24. The summed E-state index contributed by atoms with van der Waals surface area (Å²) in [4.78, 5) is 21.8. The fraction of sp³-hybridized carbons (Fsp3) is 0.417. The van der Waals surface area contributed by atoms with Gasteiger partial charge in [-0.05, 0) is 18.6 Å². The van der Waals surface area contributed by atoms with Gasteiger partial charge in [-0.15, -0.1) is 0 Å². The third-order valence-electron chi connectivity index (χ3n) is 2.93. The van der Waals surface area contributed by atoms with Crippen LogP contribution in [0.2, 0.25) is 0 Å². The summed E-state index contributed by atoms with van der Waals surface area (Å²) in [7, 11) is 1.23. The number of esters is 1. The molecule has 7 heteroatoms. The van der Waals surface area contributed by atoms with E-state index in [-0.39, 0.29) is 17.4 Å². The van der Waals surface area contributed by atoms with Gasteiger partial charge in [-0.1, -0.05) is 0 Å². The molecule has 1 aliphatic heterocycles. The molecule has 0 saturated carbocycles. The second kappa shape index (κ2) is 5.66. The highest BCUT2D eigenvalue weighted by atomic mass is 16.6. The molecule has 2 rings (SSSR count). The molecule has 1 heterocycles. The summed E-state index contributed by atoms with van der Waals surface area (Å²) in [6, 6.07) is 4.20. The van der Waals surface area contributed by atoms with Crippen molar-refractivity contribution in [1.82, 2.24) is 0 Å². The molecular weight excluding hydrogens is 252 g/mol. The molecule has 1 aromatic carbocycles. The maximum atomic E-state index is 11.3. The van der Waals surface area contributed by atoms with E-state index in [4.69, 9.17) is 4.74 Å². The molecular formula is C12H14N2O5. The van der Waals surface area contributed by atoms with E-state index >= 15 is 0 Å². The highest BCUT2D eigenvalue weighted by Gasteiger charge is 2.21. The standard InChI is InChI=1S/C12H14N2O5/c1-18-12(15)8-2-3-10(11(6-8)14(16)17)13-7-9-4-5-19-9/h2-3,6,9,13H,4-5,7H2,1H3/t9-/m0/s1. The molecule has 1 fully saturated rings. The van der Waals surface area contributed by atoms with E-state index < -0.39 is 10.9 Å². The van der Waals surface area contributed by atoms with E-state index in [1.807, 2.05) is 0 Å². The number of nitro benzene ring substituents is 1. The Bertz CT molecular complexity index is 499. The molecule has 1 aliphatic rings. The molecule has 1 saturated heterocycles. The highest BCUT2D eigenvalue weighted by molar-refractivity contribution is 5.91. The van der Waals surface area contributed by atoms with Gasteiger partial charge in [0.15, 0.2) is 0 Å². The largest absolute Gasteiger partial charge is 0.465 e. The summed E-state index contributed by atoms with van der Waals surface area (Å²) in [6.07, 6.45) is 1.04. The lowest BCUT2D eigenvalue weighted by atomic mass is 10.1. The Balaban J connectivity index is 2.16. The first-order valence-corrected chi connectivity index (χ1v) is 5.84. The monoisotopic (exact) mass is 266 g/mol. The van der Waals surface area contributed by atoms with Gasteiger partial charge in [0, 0.05) is 19.2 Å². The normalized spacial score (nSPS) is 17.4. The topological polar surface area (TPSA) is 90.7 Å². The number of rotatable bonds is 5. The number of anilines is 1. The number of benzene rings is 1. The summed E-state index contributed by atoms with van der Waals surface area (Å²) in [5.74, 6) is -0.600. The van der Waals surface area contributed by atoms with Crippen molar-refractivity contribution in [3.8, 4) is 0 Å². The zero-order valence-corrected chi connectivity index (χ0v) is 10.4. The Morgan fingerprint density at radius 2 is 2.37 bits per heavy atom. The number of hydrogen-bond acceptors (Lipinski definition) is 6. The van der Waals surface area contributed by atoms with Crippen LogP contribution in [-0.2, 0) is 9.47 Å². The molecule has 7 nitrogen and oxygen atoms in total. The van der Waals surface area contributed by atoms with Gasteiger partial charge in [0.2, 0.25) is 0 Å². The average molecular weight is 266 g/mol. The van der Waals surface area contributed by atoms with Crippen LogP contribution in [0.15, 0.2) is 18.2 Å². The molecule has 0 amide bonds. The number of hydrogen-bond donors (Lipinski definition) is 1. The van der Waals surface area contributed by atoms with Crippen LogP contribution in [-0.4, -0.2) is 37.3 Å². The van der Waals surface area contributed by atoms with Crippen molar-refractivity contribution >= 4 is 17.3 Å². The van der Waals surface area contributed by atoms with Gasteiger partial charge in [0.05, 0.1) is 23.7 Å². The minimum absolute atomic E-state index is 0.0971. The van der Waals surface area contributed by atoms with Crippen molar-refractivity contribution < 1.29 is 19.2 Å². The maximum absolute atomic E-state index is 11.3. The first kappa shape index (κ1) is 13.3. The Kier molecular flexibility index (Phi) is 3.96. The first-order valence-electron chi connectivity index (χ1n) is 5.84. The molecule has 0 spiro atoms. The Morgan fingerprint density at radius 3 is 2.89 bits per heavy atom. The van der Waals surface area contributed by atoms with Crippen molar-refractivity contribution in [2.75, 3.05) is 25.6 Å². The third kappa shape index (κ3) is 3.00. The fourth-order valence-electron chi connectivity index (χ4n) is 1.75. The van der Waals surface area contributed by atoms with Crippen molar-refractivity contribution in [2.24, 2.45) is 0 Å². The molecule has 1 N–H and O–H groups in total. The SMILES string of the molecule is COC(=O)c1ccc(NC[C@@H]2CCO2)c([N+](=O)[O-])c1. The molecule has 0 bridgehead atoms. The van der Waals surface area contributed by atoms with Gasteiger partial charge in [-0.3, -0.25) is 10.1 Å². The van der Waals surface area contributed by atoms with Gasteiger partial charge < -0.3 is 14.8 Å². The Morgan fingerprint density at radius 1 is 1.63 bits per heavy atom. The van der Waals surface area contributed by atoms with Gasteiger partial charge in [0.25, 0.3) is 5.69 Å². The van der Waals surface area contributed by atoms with Crippen LogP contribution < -0.4 is 5.32 Å². The van der Waals surface area contributed by atoms with E-state index in [9.17, 15) is 14.9 Å². The van der Waals surface area contributed by atoms with E-state index in [1.165, 1.54) is 25.3 Å². The predicted octanol–water partition coefficient (Wildman–Crippen LogP) is 1.58. The number of nitro groups is 1. The number of ether oxygens (including phenoxy) is 2. The summed E-state index contributed by atoms with van der Waals surface area (Å²) >= 11 is 0. The number of carbonyl (C=O) groups excluding carboxylic acids is 1. The van der Waals surface area contributed by atoms with E-state index in [1.54, 1.807) is 0 Å². The first-order chi connectivity index (χ1) is 9.11. The van der Waals surface area contributed by atoms with E-state index in [0.29, 0.717) is 12.2 Å². The van der Waals surface area contributed by atoms with Gasteiger partial charge in [0.1, 0.15) is 5.69 Å². The lowest BCUT2D eigenvalue weighted by molar-refractivity contribution is -0.384. The molecule has 0 aliphatic carbocycles. The van der Waals surface area contributed by atoms with Gasteiger partial charge >= 0.3 is 5.97 Å². The quantitative estimate of drug-likeness (QED) is 0.494. The van der Waals surface area contributed by atoms with Crippen molar-refractivity contribution in [2.45, 2.75) is 12.5 Å². The van der Waals surface area contributed by atoms with Crippen molar-refractivity contribution in [3.63, 3.8) is 0 Å². The number of nitrogens with one attached hydrogen (secondary N) is 1. The molecule has 19 heavy (non-hydrogen) atoms. The third-order valence-corrected chi connectivity index (χ3v) is 2.93. The molecule has 1 aromatic rings. The van der Waals surface area contributed by atoms with Crippen LogP contribution >= 0.6 is 0 Å². The van der Waals surface area contributed by atoms with Crippen LogP contribution in [0.1, 0.15) is 16.8 Å². The minimum Gasteiger partial charge on any atom is -0.465 e. The number of nitrogens with zero attached hydrogens (tertiary/aromatic N) is 1. The maximum Gasteiger partial charge on any atom is 0.338 e. The van der Waals surface area contributed by atoms with Gasteiger partial charge in [-0.25, -0.2) is 4.79 Å². The minimum atomic E-state index is -0.600. The molecule has 0 unspecified atom stereocenters. The molecule has 1 atom stereocenters. The van der Waals surface area contributed by atoms with Crippen LogP contribution in [0.5, 0.6) is 0 Å². The second-order valence-corrected chi connectivity index (χ2v) is 4.14. The number of carbonyl (C=O) groups is 1. The van der Waals surface area contributed by atoms with Crippen LogP contribution in [0.4, 0.5) is 11.4 Å². The Hall–Kier alpha value is -2.15. The molecule has 0 aromatic heterocycles. The average Bonchev–Trinajstić information content (AvgIpc) is 2.36. The van der Waals surface area contributed by atoms with E-state index in [2.05, 4.69) is 10.1 Å². The fourth-order valence-corrected chi connectivity index (χ4v) is 1.75. The zero-order chi connectivity index (χ0) is 13.8. The van der Waals surface area contributed by atoms with Crippen LogP contribution in [0.25, 0.3) is 0 Å². The van der Waals surface area contributed by atoms with Crippen molar-refractivity contribution in [1.29, 1.82) is 0 Å². The summed E-state index contributed by atoms with van der Waals surface area (Å²) in [5, 5.41) is 14.0. The zero-order valence-electron chi connectivity index (χ0n) is 10.4. The van der Waals surface area contributed by atoms with Gasteiger partial charge in [-0.2, -0.15) is 0 Å². The molecule has 0 radical (unpaired) electrons. The summed E-state index contributed by atoms with van der Waals surface area (Å²) in [5.41, 5.74) is 0.370. The highest BCUT2D eigenvalue weighted by Crippen LogP contribution is 2.26. The Labute approximate surface area is 109 Å². The summed E-state index contributed by atoms with van der Waals surface area (Å²) < 4.78 is 9.76. The van der Waals surface area contributed by atoms with Crippen molar-refractivity contribution in [3.05, 3.63) is 33.9 Å². The second-order valence-electron chi connectivity index (χ2n) is 4.14. The predicted molar refractivity (Wildman–Crippen MR) is 67.3 cm³/mol. The number of methoxy groups -OCH3 is 1. The lowest BCUT2D eigenvalue weighted by Crippen LogP contribution is -2.33.